The normalized spacial score (nSPS) is 17.8. The van der Waals surface area contributed by atoms with Crippen LogP contribution in [0, 0.1) is 20.8 Å². The molecule has 2 N–H and O–H groups in total. The van der Waals surface area contributed by atoms with Gasteiger partial charge in [0.2, 0.25) is 0 Å². The van der Waals surface area contributed by atoms with Crippen molar-refractivity contribution in [3.8, 4) is 0 Å². The quantitative estimate of drug-likeness (QED) is 0.275. The number of carbonyl (C=O) groups is 3. The molecule has 3 aromatic rings. The zero-order valence-electron chi connectivity index (χ0n) is 17.8. The second kappa shape index (κ2) is 7.80. The summed E-state index contributed by atoms with van der Waals surface area (Å²) in [5.74, 6) is -2.26. The first-order valence-electron chi connectivity index (χ1n) is 9.69. The van der Waals surface area contributed by atoms with Crippen LogP contribution in [0.3, 0.4) is 0 Å². The molecule has 0 aromatic carbocycles. The molecule has 10 heteroatoms. The Hall–Kier alpha value is -4.21. The van der Waals surface area contributed by atoms with E-state index in [-0.39, 0.29) is 22.6 Å². The van der Waals surface area contributed by atoms with Crippen molar-refractivity contribution >= 4 is 29.2 Å². The molecule has 1 atom stereocenters. The smallest absolute Gasteiger partial charge is 0.354 e. The van der Waals surface area contributed by atoms with Crippen molar-refractivity contribution in [1.82, 2.24) is 15.1 Å². The van der Waals surface area contributed by atoms with E-state index in [1.54, 1.807) is 39.0 Å². The van der Waals surface area contributed by atoms with Gasteiger partial charge in [-0.05, 0) is 38.5 Å². The van der Waals surface area contributed by atoms with E-state index < -0.39 is 29.5 Å². The number of Topliss-reactive ketones (excluding diaryl/α,β-unsaturated/α-hetero) is 1. The van der Waals surface area contributed by atoms with Crippen molar-refractivity contribution in [2.75, 3.05) is 12.0 Å². The predicted octanol–water partition coefficient (Wildman–Crippen LogP) is 2.74. The number of rotatable bonds is 4. The number of aryl methyl sites for hydroxylation is 2. The van der Waals surface area contributed by atoms with E-state index in [2.05, 4.69) is 15.1 Å². The number of H-pyrrole nitrogens is 1. The molecule has 1 amide bonds. The van der Waals surface area contributed by atoms with E-state index in [1.165, 1.54) is 19.4 Å². The largest absolute Gasteiger partial charge is 0.507 e. The van der Waals surface area contributed by atoms with Crippen LogP contribution in [-0.2, 0) is 14.3 Å². The number of hydrogen-bond donors (Lipinski definition) is 2. The Labute approximate surface area is 182 Å². The number of esters is 1. The lowest BCUT2D eigenvalue weighted by Gasteiger charge is -2.21. The molecule has 164 valence electrons. The van der Waals surface area contributed by atoms with Crippen LogP contribution in [0.1, 0.15) is 44.8 Å². The molecule has 1 fully saturated rings. The van der Waals surface area contributed by atoms with Gasteiger partial charge in [-0.25, -0.2) is 4.79 Å². The summed E-state index contributed by atoms with van der Waals surface area (Å²) in [6.45, 7) is 4.91. The van der Waals surface area contributed by atoms with Crippen molar-refractivity contribution in [2.45, 2.75) is 26.8 Å². The number of nitrogens with one attached hydrogen (secondary N) is 1. The van der Waals surface area contributed by atoms with Gasteiger partial charge in [-0.3, -0.25) is 19.5 Å². The monoisotopic (exact) mass is 436 g/mol. The summed E-state index contributed by atoms with van der Waals surface area (Å²) >= 11 is 0. The minimum absolute atomic E-state index is 0.122. The molecular weight excluding hydrogens is 416 g/mol. The minimum Gasteiger partial charge on any atom is -0.507 e. The molecule has 1 aliphatic heterocycles. The molecule has 4 rings (SSSR count). The molecule has 1 aliphatic rings. The van der Waals surface area contributed by atoms with Gasteiger partial charge in [0.15, 0.2) is 5.82 Å². The summed E-state index contributed by atoms with van der Waals surface area (Å²) in [6.07, 6.45) is 1.52. The van der Waals surface area contributed by atoms with Gasteiger partial charge in [0.05, 0.1) is 18.4 Å². The minimum atomic E-state index is -1.05. The summed E-state index contributed by atoms with van der Waals surface area (Å²) in [4.78, 5) is 46.5. The van der Waals surface area contributed by atoms with Gasteiger partial charge < -0.3 is 19.4 Å². The first-order valence-corrected chi connectivity index (χ1v) is 9.69. The molecule has 10 nitrogen and oxygen atoms in total. The Morgan fingerprint density at radius 3 is 2.59 bits per heavy atom. The second-order valence-corrected chi connectivity index (χ2v) is 7.34. The SMILES string of the molecule is COC(=O)c1[nH]c(C)c(/C(O)=C2\C(=O)C(=O)N(c3cc(C)on3)C2c2ccccn2)c1C. The van der Waals surface area contributed by atoms with Gasteiger partial charge in [0, 0.05) is 23.5 Å². The number of hydrogen-bond acceptors (Lipinski definition) is 8. The number of methoxy groups -OCH3 is 1. The Morgan fingerprint density at radius 2 is 2.00 bits per heavy atom. The van der Waals surface area contributed by atoms with Crippen molar-refractivity contribution in [1.29, 1.82) is 0 Å². The highest BCUT2D eigenvalue weighted by atomic mass is 16.5. The van der Waals surface area contributed by atoms with Crippen LogP contribution >= 0.6 is 0 Å². The maximum atomic E-state index is 13.1. The number of ether oxygens (including phenoxy) is 1. The number of ketones is 1. The van der Waals surface area contributed by atoms with Crippen LogP contribution in [0.5, 0.6) is 0 Å². The lowest BCUT2D eigenvalue weighted by molar-refractivity contribution is -0.132. The van der Waals surface area contributed by atoms with Crippen LogP contribution in [0.15, 0.2) is 40.6 Å². The van der Waals surface area contributed by atoms with Crippen LogP contribution in [0.4, 0.5) is 5.82 Å². The van der Waals surface area contributed by atoms with Gasteiger partial charge in [-0.15, -0.1) is 0 Å². The predicted molar refractivity (Wildman–Crippen MR) is 112 cm³/mol. The first-order chi connectivity index (χ1) is 15.3. The molecule has 0 spiro atoms. The Balaban J connectivity index is 1.97. The molecule has 0 bridgehead atoms. The van der Waals surface area contributed by atoms with Gasteiger partial charge >= 0.3 is 11.9 Å². The molecule has 1 saturated heterocycles. The molecule has 0 saturated carbocycles. The number of aromatic amines is 1. The van der Waals surface area contributed by atoms with E-state index in [1.807, 2.05) is 0 Å². The Kier molecular flexibility index (Phi) is 5.13. The third kappa shape index (κ3) is 3.16. The topological polar surface area (TPSA) is 139 Å². The molecule has 0 aliphatic carbocycles. The number of anilines is 1. The summed E-state index contributed by atoms with van der Waals surface area (Å²) in [5.41, 5.74) is 1.38. The third-order valence-corrected chi connectivity index (χ3v) is 5.34. The van der Waals surface area contributed by atoms with Gasteiger partial charge in [0.1, 0.15) is 23.3 Å². The van der Waals surface area contributed by atoms with Crippen molar-refractivity contribution in [2.24, 2.45) is 0 Å². The lowest BCUT2D eigenvalue weighted by Crippen LogP contribution is -2.30. The number of aliphatic hydroxyl groups excluding tert-OH is 1. The van der Waals surface area contributed by atoms with Crippen molar-refractivity contribution < 1.29 is 28.8 Å². The van der Waals surface area contributed by atoms with Crippen LogP contribution in [0.25, 0.3) is 5.76 Å². The average molecular weight is 436 g/mol. The fourth-order valence-electron chi connectivity index (χ4n) is 3.90. The van der Waals surface area contributed by atoms with Gasteiger partial charge in [-0.1, -0.05) is 11.2 Å². The first kappa shape index (κ1) is 21.0. The summed E-state index contributed by atoms with van der Waals surface area (Å²) < 4.78 is 9.87. The Bertz CT molecular complexity index is 1270. The van der Waals surface area contributed by atoms with Crippen LogP contribution in [-0.4, -0.2) is 45.0 Å². The highest BCUT2D eigenvalue weighted by Crippen LogP contribution is 2.42. The van der Waals surface area contributed by atoms with Gasteiger partial charge in [0.25, 0.3) is 5.78 Å². The number of nitrogens with zero attached hydrogens (tertiary/aromatic N) is 3. The fraction of sp³-hybridized carbons (Fsp3) is 0.227. The van der Waals surface area contributed by atoms with E-state index in [4.69, 9.17) is 9.26 Å². The summed E-state index contributed by atoms with van der Waals surface area (Å²) in [5, 5.41) is 15.2. The zero-order chi connectivity index (χ0) is 23.2. The van der Waals surface area contributed by atoms with Crippen LogP contribution in [0.2, 0.25) is 0 Å². The summed E-state index contributed by atoms with van der Waals surface area (Å²) in [6, 6.07) is 5.51. The van der Waals surface area contributed by atoms with E-state index in [0.29, 0.717) is 22.7 Å². The summed E-state index contributed by atoms with van der Waals surface area (Å²) in [7, 11) is 1.24. The Morgan fingerprint density at radius 1 is 1.25 bits per heavy atom. The number of aliphatic hydroxyl groups is 1. The van der Waals surface area contributed by atoms with Gasteiger partial charge in [-0.2, -0.15) is 0 Å². The lowest BCUT2D eigenvalue weighted by atomic mass is 9.96. The molecule has 1 unspecified atom stereocenters. The van der Waals surface area contributed by atoms with Crippen LogP contribution < -0.4 is 4.90 Å². The molecule has 3 aromatic heterocycles. The number of aromatic nitrogens is 3. The number of pyridine rings is 1. The van der Waals surface area contributed by atoms with Crippen molar-refractivity contribution in [3.63, 3.8) is 0 Å². The van der Waals surface area contributed by atoms with E-state index in [9.17, 15) is 19.5 Å². The highest BCUT2D eigenvalue weighted by Gasteiger charge is 2.49. The number of amides is 1. The highest BCUT2D eigenvalue weighted by molar-refractivity contribution is 6.51. The molecule has 32 heavy (non-hydrogen) atoms. The standard InChI is InChI=1S/C22H20N4O6/c1-10-9-14(25-32-10)26-18(13-7-5-6-8-23-13)16(20(28)21(26)29)19(27)15-11(2)17(22(30)31-4)24-12(15)3/h5-9,18,24,27H,1-4H3/b19-16+. The third-order valence-electron chi connectivity index (χ3n) is 5.34. The number of carbonyl (C=O) groups excluding carboxylic acids is 3. The van der Waals surface area contributed by atoms with E-state index in [0.717, 1.165) is 4.90 Å². The van der Waals surface area contributed by atoms with Crippen molar-refractivity contribution in [3.05, 3.63) is 70.0 Å². The zero-order valence-corrected chi connectivity index (χ0v) is 17.8. The second-order valence-electron chi connectivity index (χ2n) is 7.34. The maximum Gasteiger partial charge on any atom is 0.354 e. The fourth-order valence-corrected chi connectivity index (χ4v) is 3.90. The molecule has 0 radical (unpaired) electrons. The average Bonchev–Trinajstić information content (AvgIpc) is 3.42. The maximum absolute atomic E-state index is 13.1. The van der Waals surface area contributed by atoms with E-state index >= 15 is 0 Å². The molecule has 4 heterocycles. The molecular formula is C22H20N4O6.